The van der Waals surface area contributed by atoms with Crippen LogP contribution in [-0.2, 0) is 5.41 Å². The number of benzene rings is 9. The van der Waals surface area contributed by atoms with Crippen molar-refractivity contribution < 1.29 is 9.15 Å². The van der Waals surface area contributed by atoms with Crippen LogP contribution in [0.5, 0.6) is 11.5 Å². The molecule has 0 amide bonds. The first-order valence-corrected chi connectivity index (χ1v) is 21.9. The van der Waals surface area contributed by atoms with E-state index in [1.54, 1.807) is 0 Å². The highest BCUT2D eigenvalue weighted by atomic mass is 16.5. The molecule has 1 spiro atoms. The number of rotatable bonds is 4. The lowest BCUT2D eigenvalue weighted by Gasteiger charge is -2.39. The summed E-state index contributed by atoms with van der Waals surface area (Å²) in [6.07, 6.45) is 0. The van der Waals surface area contributed by atoms with E-state index in [2.05, 4.69) is 140 Å². The van der Waals surface area contributed by atoms with Crippen molar-refractivity contribution in [3.63, 3.8) is 0 Å². The standard InChI is InChI=1S/C59H34N4O2/c1-3-16-35(17-4-1)55-44-34-53-48(59(47-26-12-14-28-51(47)65-53)45-24-10-7-20-38(45)39-21-8-11-25-46(39)59)33-43(44)40-31-30-37(32-49(40)60-55)57-61-56(36-18-5-2-6-19-36)62-58(63-57)42-23-15-29-52-54(42)41-22-9-13-27-50(41)64-52/h1-34H. The van der Waals surface area contributed by atoms with Crippen molar-refractivity contribution in [2.24, 2.45) is 0 Å². The number of furan rings is 1. The Morgan fingerprint density at radius 1 is 0.338 bits per heavy atom. The van der Waals surface area contributed by atoms with E-state index in [0.717, 1.165) is 94.2 Å². The Bertz CT molecular complexity index is 3890. The highest BCUT2D eigenvalue weighted by Gasteiger charge is 2.51. The van der Waals surface area contributed by atoms with E-state index in [-0.39, 0.29) is 0 Å². The van der Waals surface area contributed by atoms with E-state index in [1.165, 1.54) is 22.3 Å². The van der Waals surface area contributed by atoms with Gasteiger partial charge in [-0.25, -0.2) is 19.9 Å². The van der Waals surface area contributed by atoms with Crippen LogP contribution in [0.15, 0.2) is 211 Å². The average Bonchev–Trinajstić information content (AvgIpc) is 3.90. The van der Waals surface area contributed by atoms with Crippen LogP contribution in [0.1, 0.15) is 22.3 Å². The summed E-state index contributed by atoms with van der Waals surface area (Å²) >= 11 is 0. The largest absolute Gasteiger partial charge is 0.457 e. The normalized spacial score (nSPS) is 13.2. The van der Waals surface area contributed by atoms with Crippen molar-refractivity contribution >= 4 is 43.6 Å². The average molecular weight is 831 g/mol. The van der Waals surface area contributed by atoms with E-state index >= 15 is 0 Å². The molecule has 9 aromatic carbocycles. The van der Waals surface area contributed by atoms with Crippen LogP contribution in [-0.4, -0.2) is 19.9 Å². The molecule has 1 aliphatic heterocycles. The Morgan fingerprint density at radius 2 is 0.954 bits per heavy atom. The highest BCUT2D eigenvalue weighted by Crippen LogP contribution is 2.62. The Balaban J connectivity index is 1.03. The molecule has 3 aromatic heterocycles. The van der Waals surface area contributed by atoms with Gasteiger partial charge in [-0.2, -0.15) is 0 Å². The summed E-state index contributed by atoms with van der Waals surface area (Å²) in [7, 11) is 0. The van der Waals surface area contributed by atoms with Crippen molar-refractivity contribution in [3.8, 4) is 68.0 Å². The van der Waals surface area contributed by atoms with E-state index in [4.69, 9.17) is 29.1 Å². The number of pyridine rings is 1. The van der Waals surface area contributed by atoms with Crippen LogP contribution >= 0.6 is 0 Å². The first-order chi connectivity index (χ1) is 32.2. The van der Waals surface area contributed by atoms with Crippen LogP contribution in [0, 0.1) is 0 Å². The van der Waals surface area contributed by atoms with Crippen LogP contribution in [0.2, 0.25) is 0 Å². The van der Waals surface area contributed by atoms with Gasteiger partial charge in [0.15, 0.2) is 17.5 Å². The van der Waals surface area contributed by atoms with Crippen LogP contribution < -0.4 is 4.74 Å². The summed E-state index contributed by atoms with van der Waals surface area (Å²) in [5, 5.41) is 5.10. The van der Waals surface area contributed by atoms with E-state index in [0.29, 0.717) is 17.5 Å². The molecule has 0 saturated heterocycles. The summed E-state index contributed by atoms with van der Waals surface area (Å²) in [5.74, 6) is 3.38. The first-order valence-electron chi connectivity index (χ1n) is 21.9. The number of hydrogen-bond acceptors (Lipinski definition) is 6. The van der Waals surface area contributed by atoms with E-state index in [1.807, 2.05) is 66.7 Å². The predicted octanol–water partition coefficient (Wildman–Crippen LogP) is 14.6. The van der Waals surface area contributed by atoms with Gasteiger partial charge in [0.2, 0.25) is 0 Å². The Labute approximate surface area is 373 Å². The molecule has 14 rings (SSSR count). The highest BCUT2D eigenvalue weighted by molar-refractivity contribution is 6.14. The van der Waals surface area contributed by atoms with Gasteiger partial charge in [-0.1, -0.05) is 170 Å². The molecule has 0 fully saturated rings. The van der Waals surface area contributed by atoms with Crippen molar-refractivity contribution in [1.29, 1.82) is 0 Å². The minimum Gasteiger partial charge on any atom is -0.457 e. The summed E-state index contributed by atoms with van der Waals surface area (Å²) in [5.41, 5.74) is 13.5. The summed E-state index contributed by atoms with van der Waals surface area (Å²) in [6, 6.07) is 71.9. The summed E-state index contributed by atoms with van der Waals surface area (Å²) in [4.78, 5) is 21.0. The third kappa shape index (κ3) is 5.16. The third-order valence-electron chi connectivity index (χ3n) is 13.4. The molecular weight excluding hydrogens is 797 g/mol. The maximum Gasteiger partial charge on any atom is 0.164 e. The predicted molar refractivity (Wildman–Crippen MR) is 259 cm³/mol. The molecule has 0 unspecified atom stereocenters. The van der Waals surface area contributed by atoms with Gasteiger partial charge in [0.05, 0.1) is 16.6 Å². The molecule has 6 nitrogen and oxygen atoms in total. The molecule has 302 valence electrons. The Morgan fingerprint density at radius 3 is 1.74 bits per heavy atom. The molecule has 6 heteroatoms. The molecule has 0 radical (unpaired) electrons. The third-order valence-corrected chi connectivity index (χ3v) is 13.4. The zero-order valence-corrected chi connectivity index (χ0v) is 34.7. The monoisotopic (exact) mass is 830 g/mol. The van der Waals surface area contributed by atoms with Gasteiger partial charge in [-0.15, -0.1) is 0 Å². The van der Waals surface area contributed by atoms with Crippen LogP contribution in [0.4, 0.5) is 0 Å². The Hall–Kier alpha value is -8.74. The minimum absolute atomic E-state index is 0.553. The van der Waals surface area contributed by atoms with Gasteiger partial charge < -0.3 is 9.15 Å². The fourth-order valence-corrected chi connectivity index (χ4v) is 10.6. The number of fused-ring (bicyclic) bond motifs is 15. The van der Waals surface area contributed by atoms with Gasteiger partial charge in [0.25, 0.3) is 0 Å². The zero-order valence-electron chi connectivity index (χ0n) is 34.7. The topological polar surface area (TPSA) is 73.9 Å². The Kier molecular flexibility index (Phi) is 7.51. The maximum atomic E-state index is 6.97. The molecule has 0 N–H and O–H groups in total. The zero-order chi connectivity index (χ0) is 42.6. The van der Waals surface area contributed by atoms with Crippen molar-refractivity contribution in [2.75, 3.05) is 0 Å². The van der Waals surface area contributed by atoms with Gasteiger partial charge >= 0.3 is 0 Å². The number of aromatic nitrogens is 4. The molecule has 4 heterocycles. The van der Waals surface area contributed by atoms with Crippen LogP contribution in [0.25, 0.3) is 100 Å². The molecule has 0 saturated carbocycles. The number of nitrogens with zero attached hydrogens (tertiary/aromatic N) is 4. The molecular formula is C59H34N4O2. The quantitative estimate of drug-likeness (QED) is 0.165. The van der Waals surface area contributed by atoms with E-state index < -0.39 is 5.41 Å². The van der Waals surface area contributed by atoms with E-state index in [9.17, 15) is 0 Å². The van der Waals surface area contributed by atoms with Gasteiger partial charge in [0.1, 0.15) is 22.7 Å². The lowest BCUT2D eigenvalue weighted by molar-refractivity contribution is 0.437. The molecule has 12 aromatic rings. The number of ether oxygens (including phenoxy) is 1. The van der Waals surface area contributed by atoms with Crippen molar-refractivity contribution in [1.82, 2.24) is 19.9 Å². The SMILES string of the molecule is c1ccc(-c2nc(-c3ccc4c(c3)nc(-c3ccccc3)c3cc5c(cc34)C3(c4ccccc4O5)c4ccccc4-c4ccccc43)nc(-c3cccc4oc5ccccc5c34)n2)cc1. The second kappa shape index (κ2) is 13.6. The molecule has 1 aliphatic carbocycles. The minimum atomic E-state index is -0.605. The molecule has 2 aliphatic rings. The first kappa shape index (κ1) is 35.8. The fourth-order valence-electron chi connectivity index (χ4n) is 10.6. The molecule has 0 bridgehead atoms. The van der Waals surface area contributed by atoms with Gasteiger partial charge in [-0.05, 0) is 64.0 Å². The van der Waals surface area contributed by atoms with Crippen LogP contribution in [0.3, 0.4) is 0 Å². The number of para-hydroxylation sites is 2. The van der Waals surface area contributed by atoms with Gasteiger partial charge in [-0.3, -0.25) is 0 Å². The smallest absolute Gasteiger partial charge is 0.164 e. The second-order valence-electron chi connectivity index (χ2n) is 16.8. The second-order valence-corrected chi connectivity index (χ2v) is 16.8. The number of hydrogen-bond donors (Lipinski definition) is 0. The van der Waals surface area contributed by atoms with Crippen molar-refractivity contribution in [3.05, 3.63) is 229 Å². The molecule has 0 atom stereocenters. The summed E-state index contributed by atoms with van der Waals surface area (Å²) in [6.45, 7) is 0. The lowest BCUT2D eigenvalue weighted by atomic mass is 9.65. The van der Waals surface area contributed by atoms with Crippen molar-refractivity contribution in [2.45, 2.75) is 5.41 Å². The maximum absolute atomic E-state index is 6.97. The fraction of sp³-hybridized carbons (Fsp3) is 0.0169. The van der Waals surface area contributed by atoms with Gasteiger partial charge in [0, 0.05) is 54.9 Å². The molecule has 65 heavy (non-hydrogen) atoms. The lowest BCUT2D eigenvalue weighted by Crippen LogP contribution is -2.32. The summed E-state index contributed by atoms with van der Waals surface area (Å²) < 4.78 is 13.3.